The second-order valence-electron chi connectivity index (χ2n) is 5.75. The minimum absolute atomic E-state index is 0.320. The Kier molecular flexibility index (Phi) is 3.75. The molecule has 0 radical (unpaired) electrons. The maximum atomic E-state index is 11.8. The van der Waals surface area contributed by atoms with Crippen LogP contribution in [0.15, 0.2) is 23.9 Å². The van der Waals surface area contributed by atoms with E-state index in [9.17, 15) is 4.79 Å². The number of hydrogen-bond acceptors (Lipinski definition) is 7. The number of carbonyl (C=O) groups is 1. The van der Waals surface area contributed by atoms with E-state index in [4.69, 9.17) is 16.2 Å². The van der Waals surface area contributed by atoms with E-state index in [0.717, 1.165) is 28.9 Å². The number of nitrogens with one attached hydrogen (secondary N) is 1. The third-order valence-corrected chi connectivity index (χ3v) is 6.46. The average molecular weight is 360 g/mol. The fraction of sp³-hybridized carbons (Fsp3) is 0.250. The molecule has 0 saturated heterocycles. The summed E-state index contributed by atoms with van der Waals surface area (Å²) in [5.74, 6) is 0.610. The fourth-order valence-electron chi connectivity index (χ4n) is 3.02. The summed E-state index contributed by atoms with van der Waals surface area (Å²) in [5.41, 5.74) is 14.5. The molecule has 1 aliphatic heterocycles. The highest BCUT2D eigenvalue weighted by Crippen LogP contribution is 2.52. The number of nitrogens with two attached hydrogens (primary N) is 2. The number of ether oxygens (including phenoxy) is 1. The van der Waals surface area contributed by atoms with Crippen LogP contribution in [0.4, 0.5) is 5.82 Å². The standard InChI is InChI=1S/C16H16N4O2S2/c1-7-9-3-4-10-12(13(9)24-20-7)16(23-14(10)15(18)21)22-8-2-5-11(17)19-6-8/h2,5-7,20H,3-4H2,1H3,(H2,17,19)(H2,18,21). The van der Waals surface area contributed by atoms with E-state index in [1.54, 1.807) is 30.3 Å². The second-order valence-corrected chi connectivity index (χ2v) is 7.58. The SMILES string of the molecule is CC1NSC2=C1CCc1c(C(N)=O)sc(Oc3ccc(N)nc3)c12. The van der Waals surface area contributed by atoms with Crippen molar-refractivity contribution in [1.29, 1.82) is 0 Å². The van der Waals surface area contributed by atoms with Gasteiger partial charge in [0.1, 0.15) is 11.6 Å². The number of nitrogen functional groups attached to an aromatic ring is 1. The minimum atomic E-state index is -0.408. The Labute approximate surface area is 147 Å². The minimum Gasteiger partial charge on any atom is -0.444 e. The van der Waals surface area contributed by atoms with Crippen molar-refractivity contribution in [3.63, 3.8) is 0 Å². The Morgan fingerprint density at radius 3 is 2.96 bits per heavy atom. The molecule has 8 heteroatoms. The lowest BCUT2D eigenvalue weighted by Gasteiger charge is -2.17. The number of carbonyl (C=O) groups excluding carboxylic acids is 1. The smallest absolute Gasteiger partial charge is 0.259 e. The number of anilines is 1. The molecule has 0 saturated carbocycles. The number of aromatic nitrogens is 1. The van der Waals surface area contributed by atoms with E-state index in [1.807, 2.05) is 0 Å². The first kappa shape index (κ1) is 15.5. The molecule has 0 aromatic carbocycles. The van der Waals surface area contributed by atoms with Gasteiger partial charge in [0.25, 0.3) is 5.91 Å². The van der Waals surface area contributed by atoms with Gasteiger partial charge in [0.05, 0.1) is 11.1 Å². The number of nitrogens with zero attached hydrogens (tertiary/aromatic N) is 1. The molecule has 1 amide bonds. The summed E-state index contributed by atoms with van der Waals surface area (Å²) in [6.07, 6.45) is 3.31. The van der Waals surface area contributed by atoms with Crippen molar-refractivity contribution in [3.8, 4) is 10.8 Å². The first-order chi connectivity index (χ1) is 11.5. The molecule has 124 valence electrons. The summed E-state index contributed by atoms with van der Waals surface area (Å²) in [7, 11) is 0. The molecular formula is C16H16N4O2S2. The zero-order valence-electron chi connectivity index (χ0n) is 13.0. The maximum absolute atomic E-state index is 11.8. The topological polar surface area (TPSA) is 103 Å². The molecule has 4 rings (SSSR count). The number of primary amides is 1. The number of thiophene rings is 1. The molecular weight excluding hydrogens is 344 g/mol. The van der Waals surface area contributed by atoms with E-state index in [1.165, 1.54) is 16.9 Å². The number of hydrogen-bond donors (Lipinski definition) is 3. The predicted molar refractivity (Wildman–Crippen MR) is 97.0 cm³/mol. The lowest BCUT2D eigenvalue weighted by molar-refractivity contribution is 0.100. The quantitative estimate of drug-likeness (QED) is 0.727. The Balaban J connectivity index is 1.82. The number of fused-ring (bicyclic) bond motifs is 2. The molecule has 2 aromatic heterocycles. The van der Waals surface area contributed by atoms with Crippen molar-refractivity contribution in [1.82, 2.24) is 9.71 Å². The first-order valence-corrected chi connectivity index (χ1v) is 9.18. The van der Waals surface area contributed by atoms with Gasteiger partial charge in [0.2, 0.25) is 0 Å². The molecule has 2 aliphatic rings. The number of pyridine rings is 1. The molecule has 3 heterocycles. The molecule has 2 aromatic rings. The third kappa shape index (κ3) is 2.47. The van der Waals surface area contributed by atoms with E-state index >= 15 is 0 Å². The van der Waals surface area contributed by atoms with Crippen LogP contribution in [0.3, 0.4) is 0 Å². The highest BCUT2D eigenvalue weighted by Gasteiger charge is 2.35. The predicted octanol–water partition coefficient (Wildman–Crippen LogP) is 2.91. The van der Waals surface area contributed by atoms with Gasteiger partial charge in [-0.1, -0.05) is 11.3 Å². The van der Waals surface area contributed by atoms with Gasteiger partial charge >= 0.3 is 0 Å². The lowest BCUT2D eigenvalue weighted by atomic mass is 9.90. The molecule has 24 heavy (non-hydrogen) atoms. The Hall–Kier alpha value is -2.03. The van der Waals surface area contributed by atoms with E-state index in [0.29, 0.717) is 27.5 Å². The van der Waals surface area contributed by atoms with Gasteiger partial charge in [-0.2, -0.15) is 0 Å². The zero-order valence-corrected chi connectivity index (χ0v) is 14.6. The Bertz CT molecular complexity index is 858. The molecule has 0 bridgehead atoms. The molecule has 1 aliphatic carbocycles. The van der Waals surface area contributed by atoms with Crippen molar-refractivity contribution < 1.29 is 9.53 Å². The maximum Gasteiger partial charge on any atom is 0.259 e. The van der Waals surface area contributed by atoms with Gasteiger partial charge in [0, 0.05) is 16.5 Å². The van der Waals surface area contributed by atoms with E-state index < -0.39 is 5.91 Å². The molecule has 5 N–H and O–H groups in total. The van der Waals surface area contributed by atoms with E-state index in [2.05, 4.69) is 16.6 Å². The summed E-state index contributed by atoms with van der Waals surface area (Å²) < 4.78 is 9.41. The van der Waals surface area contributed by atoms with Crippen molar-refractivity contribution in [2.75, 3.05) is 5.73 Å². The molecule has 0 fully saturated rings. The summed E-state index contributed by atoms with van der Waals surface area (Å²) in [5, 5.41) is 0.681. The van der Waals surface area contributed by atoms with Crippen molar-refractivity contribution in [2.24, 2.45) is 5.73 Å². The van der Waals surface area contributed by atoms with Gasteiger partial charge in [-0.05, 0) is 55.0 Å². The summed E-state index contributed by atoms with van der Waals surface area (Å²) in [6, 6.07) is 3.77. The summed E-state index contributed by atoms with van der Waals surface area (Å²) >= 11 is 2.90. The van der Waals surface area contributed by atoms with Crippen LogP contribution in [-0.2, 0) is 6.42 Å². The van der Waals surface area contributed by atoms with Crippen LogP contribution in [0.2, 0.25) is 0 Å². The largest absolute Gasteiger partial charge is 0.444 e. The zero-order chi connectivity index (χ0) is 16.8. The second kappa shape index (κ2) is 5.80. The monoisotopic (exact) mass is 360 g/mol. The van der Waals surface area contributed by atoms with Gasteiger partial charge in [-0.15, -0.1) is 0 Å². The first-order valence-electron chi connectivity index (χ1n) is 7.55. The molecule has 1 atom stereocenters. The molecule has 6 nitrogen and oxygen atoms in total. The van der Waals surface area contributed by atoms with Crippen LogP contribution in [0, 0.1) is 0 Å². The fourth-order valence-corrected chi connectivity index (χ4v) is 5.33. The number of amides is 1. The normalized spacial score (nSPS) is 19.1. The van der Waals surface area contributed by atoms with Crippen LogP contribution in [-0.4, -0.2) is 16.9 Å². The van der Waals surface area contributed by atoms with Crippen molar-refractivity contribution in [2.45, 2.75) is 25.8 Å². The highest BCUT2D eigenvalue weighted by atomic mass is 32.2. The third-order valence-electron chi connectivity index (χ3n) is 4.19. The summed E-state index contributed by atoms with van der Waals surface area (Å²) in [4.78, 5) is 17.6. The number of rotatable bonds is 3. The lowest BCUT2D eigenvalue weighted by Crippen LogP contribution is -2.17. The van der Waals surface area contributed by atoms with Crippen molar-refractivity contribution >= 4 is 39.9 Å². The molecule has 0 spiro atoms. The van der Waals surface area contributed by atoms with Crippen molar-refractivity contribution in [3.05, 3.63) is 39.9 Å². The van der Waals surface area contributed by atoms with Crippen LogP contribution in [0.1, 0.15) is 34.1 Å². The van der Waals surface area contributed by atoms with Crippen LogP contribution in [0.5, 0.6) is 10.8 Å². The van der Waals surface area contributed by atoms with Gasteiger partial charge < -0.3 is 16.2 Å². The van der Waals surface area contributed by atoms with Gasteiger partial charge in [0.15, 0.2) is 5.06 Å². The van der Waals surface area contributed by atoms with Crippen LogP contribution < -0.4 is 20.9 Å². The van der Waals surface area contributed by atoms with Crippen LogP contribution >= 0.6 is 23.3 Å². The van der Waals surface area contributed by atoms with E-state index in [-0.39, 0.29) is 0 Å². The average Bonchev–Trinajstić information content (AvgIpc) is 3.11. The summed E-state index contributed by atoms with van der Waals surface area (Å²) in [6.45, 7) is 2.14. The Morgan fingerprint density at radius 1 is 1.42 bits per heavy atom. The van der Waals surface area contributed by atoms with Gasteiger partial charge in [-0.3, -0.25) is 9.52 Å². The van der Waals surface area contributed by atoms with Gasteiger partial charge in [-0.25, -0.2) is 4.98 Å². The molecule has 1 unspecified atom stereocenters. The van der Waals surface area contributed by atoms with Crippen LogP contribution in [0.25, 0.3) is 4.91 Å². The Morgan fingerprint density at radius 2 is 2.25 bits per heavy atom. The highest BCUT2D eigenvalue weighted by molar-refractivity contribution is 8.07.